The number of carbonyl (C=O) groups excluding carboxylic acids is 1. The van der Waals surface area contributed by atoms with Crippen molar-refractivity contribution in [1.29, 1.82) is 0 Å². The minimum atomic E-state index is -0.0576. The lowest BCUT2D eigenvalue weighted by atomic mass is 10.2. The first-order chi connectivity index (χ1) is 13.1. The quantitative estimate of drug-likeness (QED) is 0.443. The second-order valence-corrected chi connectivity index (χ2v) is 9.12. The van der Waals surface area contributed by atoms with Crippen LogP contribution in [-0.4, -0.2) is 39.7 Å². The van der Waals surface area contributed by atoms with Gasteiger partial charge in [0.15, 0.2) is 10.8 Å². The lowest BCUT2D eigenvalue weighted by Gasteiger charge is -2.11. The predicted molar refractivity (Wildman–Crippen MR) is 115 cm³/mol. The molecule has 6 nitrogen and oxygen atoms in total. The molecule has 2 aromatic heterocycles. The summed E-state index contributed by atoms with van der Waals surface area (Å²) in [6.45, 7) is 4.09. The van der Waals surface area contributed by atoms with Crippen molar-refractivity contribution in [2.75, 3.05) is 29.1 Å². The molecule has 0 spiro atoms. The molecule has 1 aliphatic heterocycles. The number of aromatic nitrogens is 3. The number of anilines is 2. The van der Waals surface area contributed by atoms with E-state index in [0.29, 0.717) is 5.65 Å². The van der Waals surface area contributed by atoms with Crippen LogP contribution in [0.3, 0.4) is 0 Å². The molecule has 1 aromatic carbocycles. The molecule has 0 bridgehead atoms. The van der Waals surface area contributed by atoms with E-state index in [0.717, 1.165) is 43.7 Å². The third kappa shape index (κ3) is 4.25. The normalized spacial score (nSPS) is 14.1. The van der Waals surface area contributed by atoms with Gasteiger partial charge in [0.25, 0.3) is 0 Å². The number of rotatable bonds is 5. The number of halogens is 1. The van der Waals surface area contributed by atoms with Crippen molar-refractivity contribution < 1.29 is 4.79 Å². The Labute approximate surface area is 173 Å². The summed E-state index contributed by atoms with van der Waals surface area (Å²) in [5.74, 6) is 0.232. The summed E-state index contributed by atoms with van der Waals surface area (Å²) in [5.41, 5.74) is 2.59. The maximum Gasteiger partial charge on any atom is 0.234 e. The molecular formula is C18H18BrN5OS2. The van der Waals surface area contributed by atoms with Crippen LogP contribution in [0.4, 0.5) is 10.8 Å². The fraction of sp³-hybridized carbons (Fsp3) is 0.333. The Morgan fingerprint density at radius 3 is 2.93 bits per heavy atom. The van der Waals surface area contributed by atoms with Crippen molar-refractivity contribution >= 4 is 66.1 Å². The topological polar surface area (TPSA) is 71.0 Å². The van der Waals surface area contributed by atoms with Gasteiger partial charge in [0.1, 0.15) is 16.1 Å². The number of nitrogens with zero attached hydrogens (tertiary/aromatic N) is 4. The number of hydrogen-bond acceptors (Lipinski definition) is 7. The van der Waals surface area contributed by atoms with Crippen LogP contribution in [0.5, 0.6) is 0 Å². The Morgan fingerprint density at radius 2 is 2.15 bits per heavy atom. The highest BCUT2D eigenvalue weighted by Gasteiger charge is 2.19. The van der Waals surface area contributed by atoms with E-state index in [1.807, 2.05) is 25.1 Å². The van der Waals surface area contributed by atoms with Gasteiger partial charge < -0.3 is 10.2 Å². The number of fused-ring (bicyclic) bond motifs is 1. The van der Waals surface area contributed by atoms with Gasteiger partial charge in [-0.2, -0.15) is 4.98 Å². The maximum atomic E-state index is 12.3. The van der Waals surface area contributed by atoms with Crippen molar-refractivity contribution in [1.82, 2.24) is 15.0 Å². The second-order valence-electron chi connectivity index (χ2n) is 6.32. The van der Waals surface area contributed by atoms with Gasteiger partial charge in [0.2, 0.25) is 5.91 Å². The van der Waals surface area contributed by atoms with Gasteiger partial charge >= 0.3 is 0 Å². The van der Waals surface area contributed by atoms with Crippen LogP contribution < -0.4 is 10.2 Å². The molecule has 3 heterocycles. The van der Waals surface area contributed by atoms with Crippen LogP contribution in [0.25, 0.3) is 10.3 Å². The van der Waals surface area contributed by atoms with Crippen LogP contribution in [0.2, 0.25) is 0 Å². The smallest absolute Gasteiger partial charge is 0.234 e. The van der Waals surface area contributed by atoms with Crippen LogP contribution in [0.15, 0.2) is 34.0 Å². The Hall–Kier alpha value is -1.71. The lowest BCUT2D eigenvalue weighted by Crippen LogP contribution is -2.16. The van der Waals surface area contributed by atoms with E-state index in [1.54, 1.807) is 11.3 Å². The first-order valence-corrected chi connectivity index (χ1v) is 11.2. The fourth-order valence-corrected chi connectivity index (χ4v) is 5.11. The van der Waals surface area contributed by atoms with Gasteiger partial charge in [0, 0.05) is 23.2 Å². The zero-order valence-corrected chi connectivity index (χ0v) is 18.0. The van der Waals surface area contributed by atoms with E-state index in [4.69, 9.17) is 0 Å². The maximum absolute atomic E-state index is 12.3. The molecule has 0 atom stereocenters. The van der Waals surface area contributed by atoms with E-state index in [2.05, 4.69) is 41.1 Å². The van der Waals surface area contributed by atoms with Gasteiger partial charge in [-0.05, 0) is 43.5 Å². The number of thiazole rings is 1. The third-order valence-corrected chi connectivity index (χ3v) is 7.43. The van der Waals surface area contributed by atoms with Crippen molar-refractivity contribution in [2.24, 2.45) is 0 Å². The summed E-state index contributed by atoms with van der Waals surface area (Å²) >= 11 is 6.50. The Morgan fingerprint density at radius 1 is 1.33 bits per heavy atom. The van der Waals surface area contributed by atoms with Gasteiger partial charge in [-0.3, -0.25) is 4.79 Å². The summed E-state index contributed by atoms with van der Waals surface area (Å²) in [6, 6.07) is 5.76. The van der Waals surface area contributed by atoms with Crippen molar-refractivity contribution in [3.8, 4) is 0 Å². The highest BCUT2D eigenvalue weighted by Crippen LogP contribution is 2.34. The highest BCUT2D eigenvalue weighted by atomic mass is 79.9. The molecule has 3 aromatic rings. The second kappa shape index (κ2) is 8.12. The molecule has 1 aliphatic rings. The number of aryl methyl sites for hydroxylation is 1. The number of thioether (sulfide) groups is 1. The van der Waals surface area contributed by atoms with E-state index in [1.165, 1.54) is 30.9 Å². The van der Waals surface area contributed by atoms with Crippen LogP contribution in [-0.2, 0) is 4.79 Å². The van der Waals surface area contributed by atoms with Gasteiger partial charge in [-0.15, -0.1) is 0 Å². The lowest BCUT2D eigenvalue weighted by molar-refractivity contribution is -0.113. The Bertz CT molecular complexity index is 987. The number of nitrogens with one attached hydrogen (secondary N) is 1. The van der Waals surface area contributed by atoms with E-state index in [-0.39, 0.29) is 11.7 Å². The van der Waals surface area contributed by atoms with Crippen molar-refractivity contribution in [3.05, 3.63) is 34.6 Å². The minimum Gasteiger partial charge on any atom is -0.348 e. The highest BCUT2D eigenvalue weighted by molar-refractivity contribution is 9.10. The number of amides is 1. The number of carbonyl (C=O) groups is 1. The molecule has 0 saturated carbocycles. The zero-order valence-electron chi connectivity index (χ0n) is 14.7. The monoisotopic (exact) mass is 463 g/mol. The zero-order chi connectivity index (χ0) is 18.8. The van der Waals surface area contributed by atoms with Gasteiger partial charge in [0.05, 0.1) is 5.75 Å². The SMILES string of the molecule is Cc1cc(NC(=O)CSc2ncnc3nc(N4CCCC4)sc23)ccc1Br. The van der Waals surface area contributed by atoms with Gasteiger partial charge in [-0.25, -0.2) is 9.97 Å². The molecule has 0 unspecified atom stereocenters. The molecule has 1 amide bonds. The molecular weight excluding hydrogens is 446 g/mol. The first-order valence-electron chi connectivity index (χ1n) is 8.65. The summed E-state index contributed by atoms with van der Waals surface area (Å²) < 4.78 is 1.98. The first kappa shape index (κ1) is 18.6. The Kier molecular flexibility index (Phi) is 5.60. The number of hydrogen-bond donors (Lipinski definition) is 1. The summed E-state index contributed by atoms with van der Waals surface area (Å²) in [7, 11) is 0. The molecule has 1 N–H and O–H groups in total. The molecule has 1 saturated heterocycles. The van der Waals surface area contributed by atoms with E-state index < -0.39 is 0 Å². The molecule has 140 valence electrons. The molecule has 9 heteroatoms. The van der Waals surface area contributed by atoms with E-state index >= 15 is 0 Å². The fourth-order valence-electron chi connectivity index (χ4n) is 2.92. The molecule has 0 radical (unpaired) electrons. The standard InChI is InChI=1S/C18H18BrN5OS2/c1-11-8-12(4-5-13(11)19)22-14(25)9-26-17-15-16(20-10-21-17)23-18(27-15)24-6-2-3-7-24/h4-5,8,10H,2-3,6-7,9H2,1H3,(H,22,25). The summed E-state index contributed by atoms with van der Waals surface area (Å²) in [4.78, 5) is 27.9. The molecule has 4 rings (SSSR count). The average molecular weight is 464 g/mol. The minimum absolute atomic E-state index is 0.0576. The summed E-state index contributed by atoms with van der Waals surface area (Å²) in [5, 5.41) is 4.74. The van der Waals surface area contributed by atoms with Gasteiger partial charge in [-0.1, -0.05) is 39.0 Å². The number of benzene rings is 1. The van der Waals surface area contributed by atoms with Crippen LogP contribution in [0.1, 0.15) is 18.4 Å². The van der Waals surface area contributed by atoms with Crippen LogP contribution >= 0.6 is 39.0 Å². The van der Waals surface area contributed by atoms with Crippen LogP contribution in [0, 0.1) is 6.92 Å². The van der Waals surface area contributed by atoms with Crippen molar-refractivity contribution in [3.63, 3.8) is 0 Å². The Balaban J connectivity index is 1.44. The average Bonchev–Trinajstić information content (AvgIpc) is 3.32. The summed E-state index contributed by atoms with van der Waals surface area (Å²) in [6.07, 6.45) is 3.94. The third-order valence-electron chi connectivity index (χ3n) is 4.31. The van der Waals surface area contributed by atoms with E-state index in [9.17, 15) is 4.79 Å². The largest absolute Gasteiger partial charge is 0.348 e. The molecule has 27 heavy (non-hydrogen) atoms. The molecule has 1 fully saturated rings. The molecule has 0 aliphatic carbocycles. The van der Waals surface area contributed by atoms with Crippen molar-refractivity contribution in [2.45, 2.75) is 24.8 Å². The predicted octanol–water partition coefficient (Wildman–Crippen LogP) is 4.49.